The highest BCUT2D eigenvalue weighted by molar-refractivity contribution is 7.99. The molecule has 0 nitrogen and oxygen atoms in total. The van der Waals surface area contributed by atoms with Crippen LogP contribution in [0.3, 0.4) is 0 Å². The molecule has 0 saturated carbocycles. The number of unbranched alkanes of at least 4 members (excludes halogenated alkanes) is 7. The second-order valence-electron chi connectivity index (χ2n) is 5.37. The Labute approximate surface area is 130 Å². The van der Waals surface area contributed by atoms with E-state index in [2.05, 4.69) is 6.92 Å². The third kappa shape index (κ3) is 8.40. The first-order valence-corrected chi connectivity index (χ1v) is 8.74. The monoisotopic (exact) mass is 318 g/mol. The molecule has 0 aliphatic heterocycles. The Balaban J connectivity index is 2.19. The number of aryl methyl sites for hydroxylation is 1. The Bertz CT molecular complexity index is 394. The average Bonchev–Trinajstić information content (AvgIpc) is 2.44. The summed E-state index contributed by atoms with van der Waals surface area (Å²) in [5, 5.41) is 0. The summed E-state index contributed by atoms with van der Waals surface area (Å²) in [5.74, 6) is -3.10. The van der Waals surface area contributed by atoms with Gasteiger partial charge in [-0.05, 0) is 30.5 Å². The standard InChI is InChI=1S/C17H25F3S/c1-2-3-4-5-6-7-8-9-10-14-11-12-16(15(18)13-14)21-17(19)20/h11-13,17H,2-10H2,1H3. The second kappa shape index (κ2) is 11.0. The van der Waals surface area contributed by atoms with Gasteiger partial charge in [0.2, 0.25) is 0 Å². The van der Waals surface area contributed by atoms with Gasteiger partial charge in [-0.25, -0.2) is 4.39 Å². The van der Waals surface area contributed by atoms with Gasteiger partial charge in [-0.1, -0.05) is 69.7 Å². The van der Waals surface area contributed by atoms with Crippen LogP contribution in [0.2, 0.25) is 0 Å². The Hall–Kier alpha value is -0.640. The van der Waals surface area contributed by atoms with E-state index in [1.54, 1.807) is 6.07 Å². The van der Waals surface area contributed by atoms with Crippen molar-refractivity contribution < 1.29 is 13.2 Å². The molecule has 120 valence electrons. The Morgan fingerprint density at radius 3 is 2.14 bits per heavy atom. The first kappa shape index (κ1) is 18.4. The Kier molecular flexibility index (Phi) is 9.64. The van der Waals surface area contributed by atoms with Crippen LogP contribution in [0, 0.1) is 5.82 Å². The van der Waals surface area contributed by atoms with Crippen molar-refractivity contribution in [2.24, 2.45) is 0 Å². The summed E-state index contributed by atoms with van der Waals surface area (Å²) in [4.78, 5) is 0.0321. The molecule has 1 aromatic rings. The highest BCUT2D eigenvalue weighted by atomic mass is 32.2. The molecule has 0 aliphatic rings. The molecule has 21 heavy (non-hydrogen) atoms. The smallest absolute Gasteiger partial charge is 0.206 e. The zero-order valence-electron chi connectivity index (χ0n) is 12.7. The van der Waals surface area contributed by atoms with Crippen molar-refractivity contribution >= 4 is 11.8 Å². The number of alkyl halides is 2. The molecule has 0 bridgehead atoms. The van der Waals surface area contributed by atoms with E-state index in [0.717, 1.165) is 24.8 Å². The minimum atomic E-state index is -2.57. The molecule has 0 saturated heterocycles. The number of benzene rings is 1. The van der Waals surface area contributed by atoms with Gasteiger partial charge in [-0.2, -0.15) is 8.78 Å². The largest absolute Gasteiger partial charge is 0.289 e. The van der Waals surface area contributed by atoms with Crippen LogP contribution < -0.4 is 0 Å². The van der Waals surface area contributed by atoms with Crippen LogP contribution in [0.1, 0.15) is 63.9 Å². The first-order valence-electron chi connectivity index (χ1n) is 7.86. The lowest BCUT2D eigenvalue weighted by molar-refractivity contribution is 0.251. The molecule has 0 N–H and O–H groups in total. The summed E-state index contributed by atoms with van der Waals surface area (Å²) in [6.07, 6.45) is 10.7. The van der Waals surface area contributed by atoms with Crippen molar-refractivity contribution in [3.63, 3.8) is 0 Å². The van der Waals surface area contributed by atoms with Gasteiger partial charge in [0.15, 0.2) is 0 Å². The molecular formula is C17H25F3S. The van der Waals surface area contributed by atoms with Crippen molar-refractivity contribution in [3.8, 4) is 0 Å². The minimum Gasteiger partial charge on any atom is -0.206 e. The fraction of sp³-hybridized carbons (Fsp3) is 0.647. The van der Waals surface area contributed by atoms with E-state index in [-0.39, 0.29) is 16.7 Å². The molecule has 0 spiro atoms. The van der Waals surface area contributed by atoms with Gasteiger partial charge in [0.25, 0.3) is 5.76 Å². The van der Waals surface area contributed by atoms with Crippen molar-refractivity contribution in [1.29, 1.82) is 0 Å². The second-order valence-corrected chi connectivity index (χ2v) is 6.40. The zero-order valence-corrected chi connectivity index (χ0v) is 13.5. The number of halogens is 3. The zero-order chi connectivity index (χ0) is 15.5. The van der Waals surface area contributed by atoms with E-state index in [4.69, 9.17) is 0 Å². The van der Waals surface area contributed by atoms with Crippen LogP contribution >= 0.6 is 11.8 Å². The summed E-state index contributed by atoms with van der Waals surface area (Å²) >= 11 is 0.267. The van der Waals surface area contributed by atoms with Crippen molar-refractivity contribution in [2.75, 3.05) is 0 Å². The summed E-state index contributed by atoms with van der Waals surface area (Å²) < 4.78 is 38.0. The third-order valence-electron chi connectivity index (χ3n) is 3.53. The SMILES string of the molecule is CCCCCCCCCCc1ccc(SC(F)F)c(F)c1. The minimum absolute atomic E-state index is 0.0321. The molecule has 0 amide bonds. The number of rotatable bonds is 11. The normalized spacial score (nSPS) is 11.3. The lowest BCUT2D eigenvalue weighted by atomic mass is 10.0. The van der Waals surface area contributed by atoms with Gasteiger partial charge >= 0.3 is 0 Å². The van der Waals surface area contributed by atoms with Crippen LogP contribution in [0.4, 0.5) is 13.2 Å². The van der Waals surface area contributed by atoms with Crippen LogP contribution in [0.25, 0.3) is 0 Å². The number of thioether (sulfide) groups is 1. The molecule has 0 unspecified atom stereocenters. The van der Waals surface area contributed by atoms with Gasteiger partial charge in [0.1, 0.15) is 5.82 Å². The van der Waals surface area contributed by atoms with Crippen molar-refractivity contribution in [2.45, 2.75) is 75.4 Å². The molecule has 0 radical (unpaired) electrons. The third-order valence-corrected chi connectivity index (χ3v) is 4.29. The highest BCUT2D eigenvalue weighted by Crippen LogP contribution is 2.28. The predicted octanol–water partition coefficient (Wildman–Crippen LogP) is 6.82. The van der Waals surface area contributed by atoms with Gasteiger partial charge < -0.3 is 0 Å². The van der Waals surface area contributed by atoms with E-state index >= 15 is 0 Å². The maximum absolute atomic E-state index is 13.6. The van der Waals surface area contributed by atoms with Crippen molar-refractivity contribution in [1.82, 2.24) is 0 Å². The Morgan fingerprint density at radius 2 is 1.57 bits per heavy atom. The fourth-order valence-electron chi connectivity index (χ4n) is 2.35. The predicted molar refractivity (Wildman–Crippen MR) is 84.6 cm³/mol. The number of hydrogen-bond acceptors (Lipinski definition) is 1. The van der Waals surface area contributed by atoms with Gasteiger partial charge in [0.05, 0.1) is 0 Å². The molecule has 4 heteroatoms. The van der Waals surface area contributed by atoms with Gasteiger partial charge in [-0.15, -0.1) is 0 Å². The van der Waals surface area contributed by atoms with Crippen LogP contribution in [-0.2, 0) is 6.42 Å². The van der Waals surface area contributed by atoms with E-state index < -0.39 is 11.6 Å². The highest BCUT2D eigenvalue weighted by Gasteiger charge is 2.10. The maximum atomic E-state index is 13.6. The maximum Gasteiger partial charge on any atom is 0.289 e. The van der Waals surface area contributed by atoms with Crippen molar-refractivity contribution in [3.05, 3.63) is 29.6 Å². The topological polar surface area (TPSA) is 0 Å². The summed E-state index contributed by atoms with van der Waals surface area (Å²) in [7, 11) is 0. The first-order chi connectivity index (χ1) is 10.1. The molecule has 0 aromatic heterocycles. The number of hydrogen-bond donors (Lipinski definition) is 0. The fourth-order valence-corrected chi connectivity index (χ4v) is 2.86. The quantitative estimate of drug-likeness (QED) is 0.318. The molecule has 0 aliphatic carbocycles. The summed E-state index contributed by atoms with van der Waals surface area (Å²) in [5.41, 5.74) is 0.900. The molecule has 0 fully saturated rings. The molecular weight excluding hydrogens is 293 g/mol. The van der Waals surface area contributed by atoms with Gasteiger partial charge in [-0.3, -0.25) is 0 Å². The van der Waals surface area contributed by atoms with Gasteiger partial charge in [0, 0.05) is 4.90 Å². The lowest BCUT2D eigenvalue weighted by Gasteiger charge is -2.06. The van der Waals surface area contributed by atoms with Crippen LogP contribution in [0.15, 0.2) is 23.1 Å². The Morgan fingerprint density at radius 1 is 0.952 bits per heavy atom. The summed E-state index contributed by atoms with van der Waals surface area (Å²) in [6, 6.07) is 4.62. The average molecular weight is 318 g/mol. The molecule has 0 heterocycles. The van der Waals surface area contributed by atoms with E-state index in [0.29, 0.717) is 0 Å². The lowest BCUT2D eigenvalue weighted by Crippen LogP contribution is -1.91. The summed E-state index contributed by atoms with van der Waals surface area (Å²) in [6.45, 7) is 2.21. The molecule has 0 atom stereocenters. The van der Waals surface area contributed by atoms with E-state index in [1.165, 1.54) is 50.7 Å². The molecule has 1 aromatic carbocycles. The molecule has 1 rings (SSSR count). The van der Waals surface area contributed by atoms with Crippen LogP contribution in [-0.4, -0.2) is 5.76 Å². The van der Waals surface area contributed by atoms with E-state index in [9.17, 15) is 13.2 Å². The van der Waals surface area contributed by atoms with Crippen LogP contribution in [0.5, 0.6) is 0 Å². The van der Waals surface area contributed by atoms with E-state index in [1.807, 2.05) is 0 Å².